The maximum Gasteiger partial charge on any atom is 0.301 e. The number of thiophene rings is 1. The molecule has 0 radical (unpaired) electrons. The molecule has 0 unspecified atom stereocenters. The normalized spacial score (nSPS) is 21.3. The van der Waals surface area contributed by atoms with Crippen molar-refractivity contribution in [3.8, 4) is 5.75 Å². The van der Waals surface area contributed by atoms with Crippen LogP contribution in [0.5, 0.6) is 5.75 Å². The molecule has 4 heterocycles. The van der Waals surface area contributed by atoms with Gasteiger partial charge in [0.15, 0.2) is 5.13 Å². The standard InChI is InChI=1S/C26H20N2O4S2/c1-13-5-7-17-20(10-13)34-26(27-17)28-22(19-4-3-9-33-19)21(24(30)25(28)31)23(29)15-6-8-18-16(12-15)11-14(2)32-18/h3-10,12,14,22,29H,11H2,1-2H3/t14-,22+/m0/s1. The Bertz CT molecular complexity index is 1500. The predicted octanol–water partition coefficient (Wildman–Crippen LogP) is 5.62. The van der Waals surface area contributed by atoms with Crippen LogP contribution in [0.4, 0.5) is 5.13 Å². The van der Waals surface area contributed by atoms with Crippen molar-refractivity contribution in [2.75, 3.05) is 4.90 Å². The van der Waals surface area contributed by atoms with Crippen LogP contribution in [0, 0.1) is 6.92 Å². The molecule has 0 spiro atoms. The molecule has 1 amide bonds. The number of ketones is 1. The number of fused-ring (bicyclic) bond motifs is 2. The molecule has 2 atom stereocenters. The number of hydrogen-bond donors (Lipinski definition) is 1. The number of benzene rings is 2. The lowest BCUT2D eigenvalue weighted by Gasteiger charge is -2.21. The zero-order valence-electron chi connectivity index (χ0n) is 18.4. The first-order chi connectivity index (χ1) is 16.4. The molecule has 2 aliphatic rings. The fourth-order valence-electron chi connectivity index (χ4n) is 4.59. The molecule has 0 aliphatic carbocycles. The maximum absolute atomic E-state index is 13.3. The van der Waals surface area contributed by atoms with Gasteiger partial charge in [0.2, 0.25) is 0 Å². The van der Waals surface area contributed by atoms with Crippen LogP contribution in [0.2, 0.25) is 0 Å². The summed E-state index contributed by atoms with van der Waals surface area (Å²) in [6, 6.07) is 14.3. The van der Waals surface area contributed by atoms with Crippen molar-refractivity contribution in [1.82, 2.24) is 4.98 Å². The van der Waals surface area contributed by atoms with Gasteiger partial charge in [-0.25, -0.2) is 4.98 Å². The minimum atomic E-state index is -0.745. The van der Waals surface area contributed by atoms with Gasteiger partial charge in [0.05, 0.1) is 15.8 Å². The monoisotopic (exact) mass is 488 g/mol. The first-order valence-electron chi connectivity index (χ1n) is 10.9. The number of rotatable bonds is 3. The molecule has 0 bridgehead atoms. The van der Waals surface area contributed by atoms with Crippen LogP contribution in [0.3, 0.4) is 0 Å². The van der Waals surface area contributed by atoms with Crippen molar-refractivity contribution in [2.45, 2.75) is 32.4 Å². The van der Waals surface area contributed by atoms with Gasteiger partial charge in [0.1, 0.15) is 23.7 Å². The van der Waals surface area contributed by atoms with Gasteiger partial charge in [0, 0.05) is 16.9 Å². The fourth-order valence-corrected chi connectivity index (χ4v) is 6.51. The first-order valence-corrected chi connectivity index (χ1v) is 12.6. The van der Waals surface area contributed by atoms with Crippen molar-refractivity contribution in [3.63, 3.8) is 0 Å². The zero-order chi connectivity index (χ0) is 23.6. The third kappa shape index (κ3) is 3.25. The average molecular weight is 489 g/mol. The second-order valence-corrected chi connectivity index (χ2v) is 10.6. The number of hydrogen-bond acceptors (Lipinski definition) is 7. The van der Waals surface area contributed by atoms with Crippen LogP contribution in [0.1, 0.15) is 34.5 Å². The molecule has 2 aromatic carbocycles. The number of Topliss-reactive ketones (excluding diaryl/α,β-unsaturated/α-hetero) is 1. The highest BCUT2D eigenvalue weighted by molar-refractivity contribution is 7.22. The van der Waals surface area contributed by atoms with Crippen LogP contribution in [-0.4, -0.2) is 27.9 Å². The van der Waals surface area contributed by atoms with E-state index in [4.69, 9.17) is 4.74 Å². The van der Waals surface area contributed by atoms with E-state index in [0.29, 0.717) is 10.7 Å². The van der Waals surface area contributed by atoms with E-state index < -0.39 is 17.7 Å². The van der Waals surface area contributed by atoms with E-state index in [1.807, 2.05) is 55.6 Å². The summed E-state index contributed by atoms with van der Waals surface area (Å²) >= 11 is 2.80. The Labute approximate surface area is 203 Å². The quantitative estimate of drug-likeness (QED) is 0.230. The smallest absolute Gasteiger partial charge is 0.301 e. The molecule has 2 aliphatic heterocycles. The molecule has 6 rings (SSSR count). The maximum atomic E-state index is 13.3. The molecule has 34 heavy (non-hydrogen) atoms. The van der Waals surface area contributed by atoms with Crippen molar-refractivity contribution in [1.29, 1.82) is 0 Å². The van der Waals surface area contributed by atoms with E-state index in [1.165, 1.54) is 27.6 Å². The number of anilines is 1. The minimum absolute atomic E-state index is 0.0618. The van der Waals surface area contributed by atoms with Gasteiger partial charge >= 0.3 is 5.91 Å². The van der Waals surface area contributed by atoms with Gasteiger partial charge in [-0.05, 0) is 66.8 Å². The van der Waals surface area contributed by atoms with Gasteiger partial charge in [0.25, 0.3) is 5.78 Å². The Balaban J connectivity index is 1.51. The molecule has 6 nitrogen and oxygen atoms in total. The van der Waals surface area contributed by atoms with Crippen molar-refractivity contribution < 1.29 is 19.4 Å². The van der Waals surface area contributed by atoms with E-state index in [1.54, 1.807) is 12.1 Å². The molecule has 2 aromatic heterocycles. The van der Waals surface area contributed by atoms with Crippen LogP contribution in [0.15, 0.2) is 59.5 Å². The van der Waals surface area contributed by atoms with Crippen LogP contribution in [0.25, 0.3) is 16.0 Å². The molecule has 0 saturated carbocycles. The van der Waals surface area contributed by atoms with E-state index >= 15 is 0 Å². The number of aromatic nitrogens is 1. The van der Waals surface area contributed by atoms with Crippen LogP contribution < -0.4 is 9.64 Å². The largest absolute Gasteiger partial charge is 0.507 e. The number of thiazole rings is 1. The van der Waals surface area contributed by atoms with Crippen LogP contribution in [-0.2, 0) is 16.0 Å². The summed E-state index contributed by atoms with van der Waals surface area (Å²) in [7, 11) is 0. The minimum Gasteiger partial charge on any atom is -0.507 e. The van der Waals surface area contributed by atoms with Crippen LogP contribution >= 0.6 is 22.7 Å². The zero-order valence-corrected chi connectivity index (χ0v) is 20.1. The topological polar surface area (TPSA) is 79.7 Å². The van der Waals surface area contributed by atoms with E-state index in [9.17, 15) is 14.7 Å². The Morgan fingerprint density at radius 2 is 2.03 bits per heavy atom. The SMILES string of the molecule is Cc1ccc2nc(N3C(=O)C(=O)C(=C(O)c4ccc5c(c4)C[C@H](C)O5)[C@H]3c3cccs3)sc2c1. The van der Waals surface area contributed by atoms with Crippen molar-refractivity contribution in [2.24, 2.45) is 0 Å². The molecule has 170 valence electrons. The van der Waals surface area contributed by atoms with E-state index in [2.05, 4.69) is 4.98 Å². The molecule has 1 N–H and O–H groups in total. The Kier molecular flexibility index (Phi) is 4.82. The highest BCUT2D eigenvalue weighted by Gasteiger charge is 2.48. The van der Waals surface area contributed by atoms with Crippen molar-refractivity contribution >= 4 is 55.5 Å². The summed E-state index contributed by atoms with van der Waals surface area (Å²) in [6.45, 7) is 3.99. The van der Waals surface area contributed by atoms with Crippen molar-refractivity contribution in [3.05, 3.63) is 81.1 Å². The Hall–Kier alpha value is -3.49. The average Bonchev–Trinajstić information content (AvgIpc) is 3.58. The lowest BCUT2D eigenvalue weighted by molar-refractivity contribution is -0.132. The molecule has 1 saturated heterocycles. The molecule has 1 fully saturated rings. The van der Waals surface area contributed by atoms with E-state index in [-0.39, 0.29) is 17.4 Å². The Morgan fingerprint density at radius 3 is 2.82 bits per heavy atom. The van der Waals surface area contributed by atoms with Gasteiger partial charge in [-0.15, -0.1) is 11.3 Å². The molecule has 8 heteroatoms. The third-order valence-corrected chi connectivity index (χ3v) is 8.11. The summed E-state index contributed by atoms with van der Waals surface area (Å²) in [5.74, 6) is -0.798. The van der Waals surface area contributed by atoms with Gasteiger partial charge in [-0.1, -0.05) is 23.5 Å². The number of amides is 1. The number of carbonyl (C=O) groups is 2. The highest BCUT2D eigenvalue weighted by Crippen LogP contribution is 2.46. The number of aliphatic hydroxyl groups excluding tert-OH is 1. The summed E-state index contributed by atoms with van der Waals surface area (Å²) in [5, 5.41) is 13.7. The van der Waals surface area contributed by atoms with Gasteiger partial charge in [-0.3, -0.25) is 14.5 Å². The molecular weight excluding hydrogens is 468 g/mol. The summed E-state index contributed by atoms with van der Waals surface area (Å²) in [5.41, 5.74) is 3.41. The first kappa shape index (κ1) is 21.1. The number of aryl methyl sites for hydroxylation is 1. The summed E-state index contributed by atoms with van der Waals surface area (Å²) < 4.78 is 6.70. The second-order valence-electron chi connectivity index (χ2n) is 8.61. The summed E-state index contributed by atoms with van der Waals surface area (Å²) in [6.07, 6.45) is 0.788. The fraction of sp³-hybridized carbons (Fsp3) is 0.192. The number of ether oxygens (including phenoxy) is 1. The highest BCUT2D eigenvalue weighted by atomic mass is 32.1. The van der Waals surface area contributed by atoms with Gasteiger partial charge in [-0.2, -0.15) is 0 Å². The number of aliphatic hydroxyl groups is 1. The third-order valence-electron chi connectivity index (χ3n) is 6.17. The summed E-state index contributed by atoms with van der Waals surface area (Å²) in [4.78, 5) is 33.5. The lowest BCUT2D eigenvalue weighted by Crippen LogP contribution is -2.28. The van der Waals surface area contributed by atoms with Gasteiger partial charge < -0.3 is 9.84 Å². The lowest BCUT2D eigenvalue weighted by atomic mass is 9.98. The molecule has 4 aromatic rings. The molecular formula is C26H20N2O4S2. The number of carbonyl (C=O) groups excluding carboxylic acids is 2. The second kappa shape index (κ2) is 7.78. The van der Waals surface area contributed by atoms with E-state index in [0.717, 1.165) is 38.4 Å². The number of nitrogens with zero attached hydrogens (tertiary/aromatic N) is 2. The Morgan fingerprint density at radius 1 is 1.18 bits per heavy atom. The predicted molar refractivity (Wildman–Crippen MR) is 134 cm³/mol.